The van der Waals surface area contributed by atoms with Crippen molar-refractivity contribution in [3.63, 3.8) is 0 Å². The number of nitrogens with one attached hydrogen (secondary N) is 1. The van der Waals surface area contributed by atoms with Crippen molar-refractivity contribution in [1.82, 2.24) is 5.32 Å². The zero-order chi connectivity index (χ0) is 15.2. The van der Waals surface area contributed by atoms with Gasteiger partial charge in [0.15, 0.2) is 5.84 Å². The number of nitrogens with zero attached hydrogens (tertiary/aromatic N) is 1. The summed E-state index contributed by atoms with van der Waals surface area (Å²) in [6.07, 6.45) is 2.18. The summed E-state index contributed by atoms with van der Waals surface area (Å²) < 4.78 is 5.23. The van der Waals surface area contributed by atoms with Crippen molar-refractivity contribution in [3.05, 3.63) is 59.0 Å². The molecule has 6 heteroatoms. The summed E-state index contributed by atoms with van der Waals surface area (Å²) >= 11 is 0. The Morgan fingerprint density at radius 2 is 2.05 bits per heavy atom. The van der Waals surface area contributed by atoms with Crippen LogP contribution in [0, 0.1) is 0 Å². The lowest BCUT2D eigenvalue weighted by molar-refractivity contribution is 0.0949. The highest BCUT2D eigenvalue weighted by Crippen LogP contribution is 2.11. The quantitative estimate of drug-likeness (QED) is 0.338. The number of aryl methyl sites for hydroxylation is 1. The second-order valence-corrected chi connectivity index (χ2v) is 4.48. The van der Waals surface area contributed by atoms with E-state index >= 15 is 0 Å². The van der Waals surface area contributed by atoms with E-state index in [1.165, 1.54) is 6.26 Å². The lowest BCUT2D eigenvalue weighted by atomic mass is 10.1. The number of oxime groups is 1. The van der Waals surface area contributed by atoms with E-state index in [0.29, 0.717) is 29.9 Å². The standard InChI is InChI=1S/C15H17N3O3/c1-2-13-12(7-8-21-13)15(19)17-9-10-3-5-11(6-4-10)14(16)18-20/h3-8,20H,2,9H2,1H3,(H2,16,18)(H,17,19). The SMILES string of the molecule is CCc1occc1C(=O)NCc1ccc(/C(N)=N/O)cc1. The Kier molecular flexibility index (Phi) is 4.61. The Bertz CT molecular complexity index is 644. The minimum absolute atomic E-state index is 0.0524. The van der Waals surface area contributed by atoms with Crippen molar-refractivity contribution in [2.24, 2.45) is 10.9 Å². The average Bonchev–Trinajstić information content (AvgIpc) is 3.01. The van der Waals surface area contributed by atoms with Gasteiger partial charge in [-0.25, -0.2) is 0 Å². The largest absolute Gasteiger partial charge is 0.469 e. The molecule has 0 aliphatic rings. The summed E-state index contributed by atoms with van der Waals surface area (Å²) in [4.78, 5) is 12.0. The zero-order valence-corrected chi connectivity index (χ0v) is 11.7. The molecule has 0 unspecified atom stereocenters. The van der Waals surface area contributed by atoms with Crippen LogP contribution in [0.4, 0.5) is 0 Å². The molecule has 0 saturated heterocycles. The number of hydrogen-bond acceptors (Lipinski definition) is 4. The number of furan rings is 1. The van der Waals surface area contributed by atoms with Gasteiger partial charge in [0.05, 0.1) is 11.8 Å². The van der Waals surface area contributed by atoms with Crippen molar-refractivity contribution < 1.29 is 14.4 Å². The molecule has 1 heterocycles. The van der Waals surface area contributed by atoms with Gasteiger partial charge in [0.25, 0.3) is 5.91 Å². The number of benzene rings is 1. The van der Waals surface area contributed by atoms with Gasteiger partial charge >= 0.3 is 0 Å². The summed E-state index contributed by atoms with van der Waals surface area (Å²) in [7, 11) is 0. The average molecular weight is 287 g/mol. The van der Waals surface area contributed by atoms with Gasteiger partial charge < -0.3 is 20.7 Å². The molecule has 0 aliphatic carbocycles. The van der Waals surface area contributed by atoms with Gasteiger partial charge in [-0.2, -0.15) is 0 Å². The maximum absolute atomic E-state index is 12.0. The number of nitrogens with two attached hydrogens (primary N) is 1. The van der Waals surface area contributed by atoms with Crippen LogP contribution < -0.4 is 11.1 Å². The lowest BCUT2D eigenvalue weighted by Crippen LogP contribution is -2.23. The molecule has 0 bridgehead atoms. The van der Waals surface area contributed by atoms with E-state index in [4.69, 9.17) is 15.4 Å². The molecule has 21 heavy (non-hydrogen) atoms. The first-order valence-electron chi connectivity index (χ1n) is 6.57. The van der Waals surface area contributed by atoms with Crippen molar-refractivity contribution >= 4 is 11.7 Å². The lowest BCUT2D eigenvalue weighted by Gasteiger charge is -2.06. The molecule has 0 spiro atoms. The van der Waals surface area contributed by atoms with Crippen LogP contribution >= 0.6 is 0 Å². The Labute approximate surface area is 122 Å². The molecule has 1 aromatic heterocycles. The topological polar surface area (TPSA) is 101 Å². The molecule has 2 aromatic rings. The number of amidine groups is 1. The predicted molar refractivity (Wildman–Crippen MR) is 78.2 cm³/mol. The maximum atomic E-state index is 12.0. The maximum Gasteiger partial charge on any atom is 0.255 e. The fourth-order valence-corrected chi connectivity index (χ4v) is 1.95. The Hall–Kier alpha value is -2.76. The van der Waals surface area contributed by atoms with Gasteiger partial charge in [-0.15, -0.1) is 0 Å². The molecule has 1 amide bonds. The van der Waals surface area contributed by atoms with E-state index < -0.39 is 0 Å². The third-order valence-electron chi connectivity index (χ3n) is 3.12. The van der Waals surface area contributed by atoms with E-state index in [9.17, 15) is 4.79 Å². The van der Waals surface area contributed by atoms with Gasteiger partial charge in [-0.1, -0.05) is 36.3 Å². The van der Waals surface area contributed by atoms with Crippen molar-refractivity contribution in [2.45, 2.75) is 19.9 Å². The number of hydrogen-bond donors (Lipinski definition) is 3. The summed E-state index contributed by atoms with van der Waals surface area (Å²) in [6, 6.07) is 8.74. The molecule has 0 aliphatic heterocycles. The summed E-state index contributed by atoms with van der Waals surface area (Å²) in [6.45, 7) is 2.32. The molecule has 0 saturated carbocycles. The van der Waals surface area contributed by atoms with Crippen LogP contribution in [-0.4, -0.2) is 17.0 Å². The second kappa shape index (κ2) is 6.60. The molecule has 110 valence electrons. The van der Waals surface area contributed by atoms with Crippen LogP contribution in [0.25, 0.3) is 0 Å². The predicted octanol–water partition coefficient (Wildman–Crippen LogP) is 1.87. The molecule has 2 rings (SSSR count). The van der Waals surface area contributed by atoms with E-state index in [1.54, 1.807) is 18.2 Å². The summed E-state index contributed by atoms with van der Waals surface area (Å²) in [5.41, 5.74) is 7.58. The number of rotatable bonds is 5. The van der Waals surface area contributed by atoms with E-state index in [1.807, 2.05) is 19.1 Å². The van der Waals surface area contributed by atoms with E-state index in [2.05, 4.69) is 10.5 Å². The van der Waals surface area contributed by atoms with Crippen molar-refractivity contribution in [3.8, 4) is 0 Å². The number of carbonyl (C=O) groups excluding carboxylic acids is 1. The normalized spacial score (nSPS) is 11.4. The summed E-state index contributed by atoms with van der Waals surface area (Å²) in [5, 5.41) is 14.3. The number of amides is 1. The zero-order valence-electron chi connectivity index (χ0n) is 11.7. The van der Waals surface area contributed by atoms with Gasteiger partial charge in [-0.05, 0) is 11.6 Å². The van der Waals surface area contributed by atoms with Crippen LogP contribution in [-0.2, 0) is 13.0 Å². The van der Waals surface area contributed by atoms with Crippen LogP contribution in [0.1, 0.15) is 34.2 Å². The molecular formula is C15H17N3O3. The summed E-state index contributed by atoms with van der Waals surface area (Å²) in [5.74, 6) is 0.562. The van der Waals surface area contributed by atoms with Crippen LogP contribution in [0.3, 0.4) is 0 Å². The van der Waals surface area contributed by atoms with Crippen molar-refractivity contribution in [1.29, 1.82) is 0 Å². The molecule has 4 N–H and O–H groups in total. The fourth-order valence-electron chi connectivity index (χ4n) is 1.95. The monoisotopic (exact) mass is 287 g/mol. The van der Waals surface area contributed by atoms with Gasteiger partial charge in [0.1, 0.15) is 5.76 Å². The number of carbonyl (C=O) groups is 1. The minimum atomic E-state index is -0.166. The van der Waals surface area contributed by atoms with E-state index in [0.717, 1.165) is 5.56 Å². The van der Waals surface area contributed by atoms with Gasteiger partial charge in [0.2, 0.25) is 0 Å². The van der Waals surface area contributed by atoms with E-state index in [-0.39, 0.29) is 11.7 Å². The van der Waals surface area contributed by atoms with Crippen LogP contribution in [0.5, 0.6) is 0 Å². The fraction of sp³-hybridized carbons (Fsp3) is 0.200. The molecule has 6 nitrogen and oxygen atoms in total. The first-order valence-corrected chi connectivity index (χ1v) is 6.57. The third-order valence-corrected chi connectivity index (χ3v) is 3.12. The highest BCUT2D eigenvalue weighted by atomic mass is 16.4. The van der Waals surface area contributed by atoms with Crippen LogP contribution in [0.15, 0.2) is 46.2 Å². The highest BCUT2D eigenvalue weighted by Gasteiger charge is 2.12. The minimum Gasteiger partial charge on any atom is -0.469 e. The Morgan fingerprint density at radius 1 is 1.33 bits per heavy atom. The van der Waals surface area contributed by atoms with Crippen LogP contribution in [0.2, 0.25) is 0 Å². The first-order chi connectivity index (χ1) is 10.2. The Balaban J connectivity index is 1.98. The molecule has 0 fully saturated rings. The molecule has 1 aromatic carbocycles. The second-order valence-electron chi connectivity index (χ2n) is 4.48. The van der Waals surface area contributed by atoms with Gasteiger partial charge in [-0.3, -0.25) is 4.79 Å². The smallest absolute Gasteiger partial charge is 0.255 e. The molecule has 0 atom stereocenters. The third kappa shape index (κ3) is 3.42. The highest BCUT2D eigenvalue weighted by molar-refractivity contribution is 5.97. The first kappa shape index (κ1) is 14.6. The molecular weight excluding hydrogens is 270 g/mol. The van der Waals surface area contributed by atoms with Crippen molar-refractivity contribution in [2.75, 3.05) is 0 Å². The molecule has 0 radical (unpaired) electrons. The Morgan fingerprint density at radius 3 is 2.67 bits per heavy atom. The van der Waals surface area contributed by atoms with Gasteiger partial charge in [0, 0.05) is 18.5 Å².